The molecule has 1 aliphatic carbocycles. The number of thioether (sulfide) groups is 1. The zero-order valence-corrected chi connectivity index (χ0v) is 15.5. The van der Waals surface area contributed by atoms with Crippen molar-refractivity contribution in [3.63, 3.8) is 0 Å². The molecule has 8 heteroatoms. The molecule has 2 fully saturated rings. The molecule has 0 spiro atoms. The summed E-state index contributed by atoms with van der Waals surface area (Å²) in [6.07, 6.45) is 2.21. The van der Waals surface area contributed by atoms with E-state index in [-0.39, 0.29) is 11.2 Å². The van der Waals surface area contributed by atoms with Gasteiger partial charge in [0, 0.05) is 25.7 Å². The molecule has 134 valence electrons. The summed E-state index contributed by atoms with van der Waals surface area (Å²) < 4.78 is 7.58. The number of aromatic nitrogens is 3. The van der Waals surface area contributed by atoms with Crippen LogP contribution in [0.1, 0.15) is 33.6 Å². The fraction of sp³-hybridized carbons (Fsp3) is 0.812. The van der Waals surface area contributed by atoms with Crippen LogP contribution in [0.5, 0.6) is 0 Å². The van der Waals surface area contributed by atoms with Crippen LogP contribution in [-0.4, -0.2) is 58.3 Å². The zero-order chi connectivity index (χ0) is 17.1. The topological polar surface area (TPSA) is 72.3 Å². The lowest BCUT2D eigenvalue weighted by Gasteiger charge is -2.28. The van der Waals surface area contributed by atoms with Gasteiger partial charge in [0.25, 0.3) is 0 Å². The van der Waals surface area contributed by atoms with Crippen LogP contribution in [0.2, 0.25) is 0 Å². The molecule has 24 heavy (non-hydrogen) atoms. The van der Waals surface area contributed by atoms with Crippen LogP contribution in [0, 0.1) is 5.92 Å². The first kappa shape index (κ1) is 17.5. The Morgan fingerprint density at radius 3 is 2.62 bits per heavy atom. The normalized spacial score (nSPS) is 19.6. The van der Waals surface area contributed by atoms with Crippen molar-refractivity contribution in [2.24, 2.45) is 5.92 Å². The lowest BCUT2D eigenvalue weighted by molar-refractivity contribution is -0.120. The number of carbonyl (C=O) groups is 1. The van der Waals surface area contributed by atoms with Crippen molar-refractivity contribution >= 4 is 23.6 Å². The highest BCUT2D eigenvalue weighted by molar-refractivity contribution is 8.00. The summed E-state index contributed by atoms with van der Waals surface area (Å²) in [5.41, 5.74) is 0. The van der Waals surface area contributed by atoms with Gasteiger partial charge < -0.3 is 15.0 Å². The Morgan fingerprint density at radius 2 is 2.00 bits per heavy atom. The highest BCUT2D eigenvalue weighted by atomic mass is 32.2. The molecule has 1 N–H and O–H groups in total. The summed E-state index contributed by atoms with van der Waals surface area (Å²) in [6, 6.07) is 0.387. The van der Waals surface area contributed by atoms with E-state index >= 15 is 0 Å². The van der Waals surface area contributed by atoms with Crippen LogP contribution >= 0.6 is 11.8 Å². The zero-order valence-electron chi connectivity index (χ0n) is 14.7. The Bertz CT molecular complexity index is 567. The number of nitrogens with one attached hydrogen (secondary N) is 1. The quantitative estimate of drug-likeness (QED) is 0.750. The minimum Gasteiger partial charge on any atom is -0.378 e. The molecule has 3 rings (SSSR count). The maximum atomic E-state index is 12.2. The number of hydrogen-bond donors (Lipinski definition) is 1. The first-order chi connectivity index (χ1) is 11.5. The van der Waals surface area contributed by atoms with Gasteiger partial charge in [0.15, 0.2) is 5.16 Å². The molecule has 0 unspecified atom stereocenters. The SMILES string of the molecule is CC(C)Cn1c(S[C@H](C)C(=O)NC2CC2)nnc1N1CCOCC1. The van der Waals surface area contributed by atoms with Gasteiger partial charge in [-0.25, -0.2) is 0 Å². The van der Waals surface area contributed by atoms with Gasteiger partial charge in [-0.3, -0.25) is 9.36 Å². The highest BCUT2D eigenvalue weighted by Gasteiger charge is 2.28. The van der Waals surface area contributed by atoms with E-state index in [9.17, 15) is 4.79 Å². The molecule has 1 aliphatic heterocycles. The number of nitrogens with zero attached hydrogens (tertiary/aromatic N) is 4. The Morgan fingerprint density at radius 1 is 1.29 bits per heavy atom. The van der Waals surface area contributed by atoms with Crippen molar-refractivity contribution in [2.45, 2.75) is 56.6 Å². The van der Waals surface area contributed by atoms with Gasteiger partial charge in [-0.1, -0.05) is 25.6 Å². The third-order valence-electron chi connectivity index (χ3n) is 4.11. The van der Waals surface area contributed by atoms with Gasteiger partial charge in [0.2, 0.25) is 11.9 Å². The monoisotopic (exact) mass is 353 g/mol. The van der Waals surface area contributed by atoms with Crippen LogP contribution in [0.4, 0.5) is 5.95 Å². The number of amides is 1. The average molecular weight is 353 g/mol. The maximum absolute atomic E-state index is 12.2. The predicted octanol–water partition coefficient (Wildman–Crippen LogP) is 1.53. The molecule has 1 saturated heterocycles. The minimum absolute atomic E-state index is 0.0921. The molecule has 1 aromatic rings. The van der Waals surface area contributed by atoms with Crippen LogP contribution in [-0.2, 0) is 16.1 Å². The molecule has 1 aromatic heterocycles. The van der Waals surface area contributed by atoms with Gasteiger partial charge in [0.1, 0.15) is 0 Å². The number of carbonyl (C=O) groups excluding carboxylic acids is 1. The van der Waals surface area contributed by atoms with E-state index in [0.717, 1.165) is 56.8 Å². The molecule has 2 aliphatic rings. The minimum atomic E-state index is -0.168. The lowest BCUT2D eigenvalue weighted by atomic mass is 10.2. The second-order valence-electron chi connectivity index (χ2n) is 6.93. The number of rotatable bonds is 7. The molecule has 0 bridgehead atoms. The van der Waals surface area contributed by atoms with Crippen molar-refractivity contribution in [2.75, 3.05) is 31.2 Å². The van der Waals surface area contributed by atoms with Gasteiger partial charge in [0.05, 0.1) is 18.5 Å². The largest absolute Gasteiger partial charge is 0.378 e. The molecule has 0 aromatic carbocycles. The molecule has 2 heterocycles. The first-order valence-electron chi connectivity index (χ1n) is 8.77. The summed E-state index contributed by atoms with van der Waals surface area (Å²) in [6.45, 7) is 10.2. The molecule has 1 amide bonds. The third-order valence-corrected chi connectivity index (χ3v) is 5.19. The second-order valence-corrected chi connectivity index (χ2v) is 8.24. The Balaban J connectivity index is 1.73. The second kappa shape index (κ2) is 7.74. The van der Waals surface area contributed by atoms with E-state index in [1.54, 1.807) is 0 Å². The summed E-state index contributed by atoms with van der Waals surface area (Å²) >= 11 is 1.49. The molecule has 1 atom stereocenters. The fourth-order valence-electron chi connectivity index (χ4n) is 2.65. The predicted molar refractivity (Wildman–Crippen MR) is 94.4 cm³/mol. The van der Waals surface area contributed by atoms with Crippen molar-refractivity contribution in [1.82, 2.24) is 20.1 Å². The fourth-order valence-corrected chi connectivity index (χ4v) is 3.51. The van der Waals surface area contributed by atoms with E-state index in [1.807, 2.05) is 6.92 Å². The number of ether oxygens (including phenoxy) is 1. The number of morpholine rings is 1. The van der Waals surface area contributed by atoms with E-state index in [4.69, 9.17) is 4.74 Å². The summed E-state index contributed by atoms with van der Waals surface area (Å²) in [5.74, 6) is 1.47. The van der Waals surface area contributed by atoms with Crippen molar-refractivity contribution < 1.29 is 9.53 Å². The molecule has 7 nitrogen and oxygen atoms in total. The van der Waals surface area contributed by atoms with Crippen LogP contribution in [0.15, 0.2) is 5.16 Å². The van der Waals surface area contributed by atoms with Crippen LogP contribution in [0.25, 0.3) is 0 Å². The van der Waals surface area contributed by atoms with Gasteiger partial charge in [-0.15, -0.1) is 10.2 Å². The van der Waals surface area contributed by atoms with E-state index in [2.05, 4.69) is 38.8 Å². The van der Waals surface area contributed by atoms with Gasteiger partial charge >= 0.3 is 0 Å². The lowest BCUT2D eigenvalue weighted by Crippen LogP contribution is -2.38. The molecular formula is C16H27N5O2S. The summed E-state index contributed by atoms with van der Waals surface area (Å²) in [4.78, 5) is 14.4. The Hall–Kier alpha value is -1.28. The number of hydrogen-bond acceptors (Lipinski definition) is 6. The van der Waals surface area contributed by atoms with Crippen LogP contribution in [0.3, 0.4) is 0 Å². The average Bonchev–Trinajstić information content (AvgIpc) is 3.29. The van der Waals surface area contributed by atoms with Gasteiger partial charge in [-0.05, 0) is 25.7 Å². The van der Waals surface area contributed by atoms with E-state index in [1.165, 1.54) is 11.8 Å². The Kier molecular flexibility index (Phi) is 5.65. The van der Waals surface area contributed by atoms with Gasteiger partial charge in [-0.2, -0.15) is 0 Å². The smallest absolute Gasteiger partial charge is 0.233 e. The third kappa shape index (κ3) is 4.42. The summed E-state index contributed by atoms with van der Waals surface area (Å²) in [7, 11) is 0. The summed E-state index contributed by atoms with van der Waals surface area (Å²) in [5, 5.41) is 12.5. The highest BCUT2D eigenvalue weighted by Crippen LogP contribution is 2.28. The van der Waals surface area contributed by atoms with Crippen molar-refractivity contribution in [1.29, 1.82) is 0 Å². The standard InChI is InChI=1S/C16H27N5O2S/c1-11(2)10-21-15(20-6-8-23-9-7-20)18-19-16(21)24-12(3)14(22)17-13-4-5-13/h11-13H,4-10H2,1-3H3,(H,17,22)/t12-/m1/s1. The molecule has 1 saturated carbocycles. The number of anilines is 1. The van der Waals surface area contributed by atoms with E-state index in [0.29, 0.717) is 12.0 Å². The van der Waals surface area contributed by atoms with Crippen LogP contribution < -0.4 is 10.2 Å². The van der Waals surface area contributed by atoms with E-state index < -0.39 is 0 Å². The molecular weight excluding hydrogens is 326 g/mol. The van der Waals surface area contributed by atoms with Crippen molar-refractivity contribution in [3.8, 4) is 0 Å². The maximum Gasteiger partial charge on any atom is 0.233 e. The first-order valence-corrected chi connectivity index (χ1v) is 9.65. The Labute approximate surface area is 147 Å². The van der Waals surface area contributed by atoms with Crippen molar-refractivity contribution in [3.05, 3.63) is 0 Å². The molecule has 0 radical (unpaired) electrons.